The quantitative estimate of drug-likeness (QED) is 0.373. The Hall–Kier alpha value is -0.380. The van der Waals surface area contributed by atoms with Crippen LogP contribution in [0.15, 0.2) is 12.2 Å². The summed E-state index contributed by atoms with van der Waals surface area (Å²) in [5.41, 5.74) is 0.709. The number of hydrogen-bond acceptors (Lipinski definition) is 3. The normalized spacial score (nSPS) is 48.2. The van der Waals surface area contributed by atoms with Gasteiger partial charge in [-0.2, -0.15) is 0 Å². The zero-order chi connectivity index (χ0) is 25.3. The van der Waals surface area contributed by atoms with E-state index in [0.717, 1.165) is 57.8 Å². The maximum absolute atomic E-state index is 11.8. The Morgan fingerprint density at radius 3 is 2.29 bits per heavy atom. The summed E-state index contributed by atoms with van der Waals surface area (Å²) in [6, 6.07) is 0. The van der Waals surface area contributed by atoms with E-state index in [1.54, 1.807) is 0 Å². The van der Waals surface area contributed by atoms with Crippen LogP contribution in [0.2, 0.25) is 0 Å². The highest BCUT2D eigenvalue weighted by Crippen LogP contribution is 2.75. The zero-order valence-electron chi connectivity index (χ0n) is 23.3. The topological polar surface area (TPSA) is 60.7 Å². The van der Waals surface area contributed by atoms with Crippen LogP contribution >= 0.6 is 0 Å². The fraction of sp³-hybridized carbons (Fsp3) is 0.935. The van der Waals surface area contributed by atoms with Crippen LogP contribution in [0.5, 0.6) is 0 Å². The van der Waals surface area contributed by atoms with Crippen molar-refractivity contribution in [3.8, 4) is 0 Å². The Labute approximate surface area is 209 Å². The Morgan fingerprint density at radius 1 is 1.00 bits per heavy atom. The Balaban J connectivity index is 1.63. The summed E-state index contributed by atoms with van der Waals surface area (Å²) in [5, 5.41) is 33.8. The van der Waals surface area contributed by atoms with Crippen LogP contribution in [0.3, 0.4) is 0 Å². The third kappa shape index (κ3) is 3.61. The first-order valence-corrected chi connectivity index (χ1v) is 14.3. The number of hydrogen-bond donors (Lipinski definition) is 3. The van der Waals surface area contributed by atoms with Gasteiger partial charge in [-0.25, -0.2) is 0 Å². The highest BCUT2D eigenvalue weighted by atomic mass is 16.3. The summed E-state index contributed by atoms with van der Waals surface area (Å²) in [7, 11) is 0. The number of allylic oxidation sites excluding steroid dienone is 1. The molecular formula is C31H54O3. The second kappa shape index (κ2) is 8.59. The van der Waals surface area contributed by atoms with Crippen molar-refractivity contribution in [2.24, 2.45) is 51.2 Å². The van der Waals surface area contributed by atoms with Gasteiger partial charge in [-0.15, -0.1) is 0 Å². The van der Waals surface area contributed by atoms with Crippen molar-refractivity contribution in [3.63, 3.8) is 0 Å². The maximum atomic E-state index is 11.8. The number of aliphatic hydroxyl groups excluding tert-OH is 2. The predicted molar refractivity (Wildman–Crippen MR) is 140 cm³/mol. The molecule has 0 aromatic heterocycles. The third-order valence-electron chi connectivity index (χ3n) is 13.0. The van der Waals surface area contributed by atoms with Crippen LogP contribution in [-0.4, -0.2) is 33.6 Å². The molecule has 10 atom stereocenters. The first-order valence-electron chi connectivity index (χ1n) is 14.3. The second-order valence-corrected chi connectivity index (χ2v) is 14.7. The fourth-order valence-electron chi connectivity index (χ4n) is 10.6. The summed E-state index contributed by atoms with van der Waals surface area (Å²) in [4.78, 5) is 0. The monoisotopic (exact) mass is 474 g/mol. The Kier molecular flexibility index (Phi) is 6.74. The minimum absolute atomic E-state index is 0.0422. The lowest BCUT2D eigenvalue weighted by Crippen LogP contribution is -2.65. The van der Waals surface area contributed by atoms with Crippen LogP contribution in [0.4, 0.5) is 0 Å². The summed E-state index contributed by atoms with van der Waals surface area (Å²) >= 11 is 0. The van der Waals surface area contributed by atoms with Crippen molar-refractivity contribution in [2.75, 3.05) is 6.61 Å². The summed E-state index contributed by atoms with van der Waals surface area (Å²) in [5.74, 6) is 2.23. The molecule has 0 radical (unpaired) electrons. The van der Waals surface area contributed by atoms with Crippen LogP contribution in [0.25, 0.3) is 0 Å². The van der Waals surface area contributed by atoms with Gasteiger partial charge >= 0.3 is 0 Å². The molecule has 0 heterocycles. The lowest BCUT2D eigenvalue weighted by molar-refractivity contribution is -0.236. The minimum atomic E-state index is -0.688. The van der Waals surface area contributed by atoms with E-state index in [0.29, 0.717) is 23.7 Å². The largest absolute Gasteiger partial charge is 0.396 e. The molecule has 0 aromatic rings. The lowest BCUT2D eigenvalue weighted by atomic mass is 9.35. The molecule has 0 aliphatic heterocycles. The smallest absolute Gasteiger partial charge is 0.0650 e. The van der Waals surface area contributed by atoms with Gasteiger partial charge in [0, 0.05) is 12.0 Å². The summed E-state index contributed by atoms with van der Waals surface area (Å²) in [6.45, 7) is 20.4. The summed E-state index contributed by atoms with van der Waals surface area (Å²) in [6.07, 6.45) is 10.3. The van der Waals surface area contributed by atoms with E-state index in [9.17, 15) is 15.3 Å². The van der Waals surface area contributed by atoms with Gasteiger partial charge in [0.05, 0.1) is 11.7 Å². The van der Waals surface area contributed by atoms with Crippen molar-refractivity contribution in [1.29, 1.82) is 0 Å². The molecule has 0 amide bonds. The van der Waals surface area contributed by atoms with E-state index in [2.05, 4.69) is 55.0 Å². The molecule has 4 aliphatic rings. The minimum Gasteiger partial charge on any atom is -0.396 e. The highest BCUT2D eigenvalue weighted by molar-refractivity contribution is 5.19. The first kappa shape index (κ1) is 26.7. The molecule has 4 saturated carbocycles. The van der Waals surface area contributed by atoms with Crippen molar-refractivity contribution in [3.05, 3.63) is 12.2 Å². The van der Waals surface area contributed by atoms with E-state index < -0.39 is 5.60 Å². The number of fused-ring (bicyclic) bond motifs is 5. The molecule has 34 heavy (non-hydrogen) atoms. The van der Waals surface area contributed by atoms with Crippen molar-refractivity contribution in [2.45, 2.75) is 124 Å². The van der Waals surface area contributed by atoms with E-state index in [-0.39, 0.29) is 40.3 Å². The van der Waals surface area contributed by atoms with E-state index in [1.807, 2.05) is 0 Å². The Morgan fingerprint density at radius 2 is 1.68 bits per heavy atom. The molecule has 0 saturated heterocycles. The molecule has 0 aromatic carbocycles. The van der Waals surface area contributed by atoms with Crippen LogP contribution in [-0.2, 0) is 0 Å². The van der Waals surface area contributed by atoms with Gasteiger partial charge in [-0.05, 0) is 124 Å². The fourth-order valence-corrected chi connectivity index (χ4v) is 10.6. The highest BCUT2D eigenvalue weighted by Gasteiger charge is 2.70. The van der Waals surface area contributed by atoms with Crippen LogP contribution in [0, 0.1) is 51.2 Å². The van der Waals surface area contributed by atoms with Gasteiger partial charge in [0.15, 0.2) is 0 Å². The predicted octanol–water partition coefficient (Wildman–Crippen LogP) is 6.75. The average molecular weight is 475 g/mol. The van der Waals surface area contributed by atoms with Crippen molar-refractivity contribution in [1.82, 2.24) is 0 Å². The SMILES string of the molecule is C=C(C)C(C)CCC(C)(O)C1CCC2(CO)C1CCC1C3(C)CCC(O)C(C)(C)C3CCC12C. The van der Waals surface area contributed by atoms with Gasteiger partial charge in [0.2, 0.25) is 0 Å². The molecule has 196 valence electrons. The number of rotatable bonds is 6. The van der Waals surface area contributed by atoms with Gasteiger partial charge in [0.1, 0.15) is 0 Å². The molecule has 4 fully saturated rings. The Bertz CT molecular complexity index is 786. The molecule has 4 aliphatic carbocycles. The van der Waals surface area contributed by atoms with E-state index in [1.165, 1.54) is 12.0 Å². The van der Waals surface area contributed by atoms with E-state index in [4.69, 9.17) is 0 Å². The van der Waals surface area contributed by atoms with Gasteiger partial charge in [0.25, 0.3) is 0 Å². The maximum Gasteiger partial charge on any atom is 0.0650 e. The summed E-state index contributed by atoms with van der Waals surface area (Å²) < 4.78 is 0. The zero-order valence-corrected chi connectivity index (χ0v) is 23.3. The first-order chi connectivity index (χ1) is 15.7. The van der Waals surface area contributed by atoms with Crippen LogP contribution in [0.1, 0.15) is 113 Å². The van der Waals surface area contributed by atoms with Crippen molar-refractivity contribution < 1.29 is 15.3 Å². The molecule has 0 bridgehead atoms. The number of aliphatic hydroxyl groups is 3. The average Bonchev–Trinajstić information content (AvgIpc) is 3.16. The molecule has 3 heteroatoms. The van der Waals surface area contributed by atoms with Crippen molar-refractivity contribution >= 4 is 0 Å². The molecule has 10 unspecified atom stereocenters. The van der Waals surface area contributed by atoms with Crippen LogP contribution < -0.4 is 0 Å². The molecular weight excluding hydrogens is 420 g/mol. The third-order valence-corrected chi connectivity index (χ3v) is 13.0. The van der Waals surface area contributed by atoms with Gasteiger partial charge in [-0.1, -0.05) is 46.8 Å². The van der Waals surface area contributed by atoms with Gasteiger partial charge in [-0.3, -0.25) is 0 Å². The van der Waals surface area contributed by atoms with Gasteiger partial charge < -0.3 is 15.3 Å². The molecule has 0 spiro atoms. The molecule has 3 N–H and O–H groups in total. The lowest BCUT2D eigenvalue weighted by Gasteiger charge is -2.70. The molecule has 3 nitrogen and oxygen atoms in total. The van der Waals surface area contributed by atoms with E-state index >= 15 is 0 Å². The second-order valence-electron chi connectivity index (χ2n) is 14.7. The molecule has 4 rings (SSSR count). The standard InChI is InChI=1S/C31H54O3/c1-20(2)21(3)11-17-30(8,34)22-12-18-31(19-32)23(22)9-10-25-28(6)15-14-26(33)27(4,5)24(28)13-16-29(25,31)7/h21-26,32-34H,1,9-19H2,2-8H3.